The third kappa shape index (κ3) is 3.79. The van der Waals surface area contributed by atoms with E-state index in [9.17, 15) is 27.6 Å². The number of nitrogens with one attached hydrogen (secondary N) is 1. The van der Waals surface area contributed by atoms with E-state index < -0.39 is 36.4 Å². The number of carbonyl (C=O) groups is 3. The number of anilines is 1. The summed E-state index contributed by atoms with van der Waals surface area (Å²) in [5.74, 6) is -3.68. The fourth-order valence-corrected chi connectivity index (χ4v) is 2.79. The summed E-state index contributed by atoms with van der Waals surface area (Å²) in [4.78, 5) is 35.4. The number of hydrogen-bond donors (Lipinski definition) is 2. The van der Waals surface area contributed by atoms with Crippen molar-refractivity contribution < 1.29 is 37.1 Å². The van der Waals surface area contributed by atoms with Gasteiger partial charge < -0.3 is 19.7 Å². The minimum atomic E-state index is -4.52. The van der Waals surface area contributed by atoms with Gasteiger partial charge in [-0.05, 0) is 24.3 Å². The van der Waals surface area contributed by atoms with E-state index in [1.807, 2.05) is 0 Å². The quantitative estimate of drug-likeness (QED) is 0.861. The minimum Gasteiger partial charge on any atom is -0.475 e. The van der Waals surface area contributed by atoms with Gasteiger partial charge in [0.2, 0.25) is 17.6 Å². The van der Waals surface area contributed by atoms with Crippen molar-refractivity contribution >= 4 is 34.4 Å². The number of hydrogen-bond acceptors (Lipinski definition) is 4. The van der Waals surface area contributed by atoms with Crippen LogP contribution in [0.5, 0.6) is 0 Å². The number of likely N-dealkylation sites (tertiary alicyclic amines) is 1. The molecule has 10 heteroatoms. The van der Waals surface area contributed by atoms with Crippen LogP contribution in [0.1, 0.15) is 17.0 Å². The van der Waals surface area contributed by atoms with Crippen molar-refractivity contribution in [3.05, 3.63) is 30.0 Å². The lowest BCUT2D eigenvalue weighted by Gasteiger charge is -2.18. The van der Waals surface area contributed by atoms with E-state index in [1.54, 1.807) is 0 Å². The molecule has 2 amide bonds. The number of amides is 2. The molecule has 138 valence electrons. The van der Waals surface area contributed by atoms with Crippen LogP contribution >= 0.6 is 0 Å². The van der Waals surface area contributed by atoms with Crippen molar-refractivity contribution in [1.29, 1.82) is 0 Å². The molecule has 1 atom stereocenters. The number of carbonyl (C=O) groups excluding carboxylic acids is 2. The molecule has 1 aliphatic heterocycles. The molecule has 1 unspecified atom stereocenters. The molecule has 7 nitrogen and oxygen atoms in total. The predicted octanol–water partition coefficient (Wildman–Crippen LogP) is 2.48. The summed E-state index contributed by atoms with van der Waals surface area (Å²) in [5, 5.41) is 11.9. The molecule has 2 aromatic rings. The van der Waals surface area contributed by atoms with Crippen LogP contribution < -0.4 is 5.32 Å². The topological polar surface area (TPSA) is 99.8 Å². The van der Waals surface area contributed by atoms with E-state index in [2.05, 4.69) is 5.32 Å². The lowest BCUT2D eigenvalue weighted by Crippen LogP contribution is -2.36. The largest absolute Gasteiger partial charge is 0.475 e. The van der Waals surface area contributed by atoms with Gasteiger partial charge in [-0.1, -0.05) is 0 Å². The highest BCUT2D eigenvalue weighted by Gasteiger charge is 2.40. The van der Waals surface area contributed by atoms with Crippen LogP contribution in [0.15, 0.2) is 28.7 Å². The molecule has 0 radical (unpaired) electrons. The highest BCUT2D eigenvalue weighted by Crippen LogP contribution is 2.26. The number of carboxylic acid groups (broad SMARTS) is 1. The Bertz CT molecular complexity index is 890. The molecular formula is C16H13F3N2O5. The Morgan fingerprint density at radius 2 is 2.04 bits per heavy atom. The normalized spacial score (nSPS) is 17.7. The Morgan fingerprint density at radius 3 is 2.69 bits per heavy atom. The van der Waals surface area contributed by atoms with Crippen molar-refractivity contribution in [1.82, 2.24) is 4.90 Å². The first-order valence-corrected chi connectivity index (χ1v) is 7.54. The third-order valence-electron chi connectivity index (χ3n) is 3.95. The number of benzene rings is 1. The first-order valence-electron chi connectivity index (χ1n) is 7.54. The van der Waals surface area contributed by atoms with Crippen molar-refractivity contribution in [2.45, 2.75) is 12.6 Å². The maximum absolute atomic E-state index is 12.4. The Hall–Kier alpha value is -3.04. The fourth-order valence-electron chi connectivity index (χ4n) is 2.79. The second-order valence-electron chi connectivity index (χ2n) is 5.95. The molecule has 2 heterocycles. The second-order valence-corrected chi connectivity index (χ2v) is 5.95. The van der Waals surface area contributed by atoms with Crippen LogP contribution in [0.2, 0.25) is 0 Å². The zero-order chi connectivity index (χ0) is 19.1. The van der Waals surface area contributed by atoms with Gasteiger partial charge in [-0.2, -0.15) is 13.2 Å². The van der Waals surface area contributed by atoms with E-state index in [1.165, 1.54) is 24.3 Å². The summed E-state index contributed by atoms with van der Waals surface area (Å²) in [6.07, 6.45) is -4.81. The molecule has 26 heavy (non-hydrogen) atoms. The summed E-state index contributed by atoms with van der Waals surface area (Å²) < 4.78 is 42.3. The average Bonchev–Trinajstić information content (AvgIpc) is 3.09. The summed E-state index contributed by atoms with van der Waals surface area (Å²) in [6.45, 7) is -1.68. The number of halogens is 3. The van der Waals surface area contributed by atoms with Crippen LogP contribution in [0, 0.1) is 5.92 Å². The molecule has 0 saturated carbocycles. The van der Waals surface area contributed by atoms with Crippen molar-refractivity contribution in [3.63, 3.8) is 0 Å². The fraction of sp³-hybridized carbons (Fsp3) is 0.312. The summed E-state index contributed by atoms with van der Waals surface area (Å²) in [5.41, 5.74) is 0.634. The number of furan rings is 1. The van der Waals surface area contributed by atoms with Crippen LogP contribution in [0.25, 0.3) is 11.0 Å². The van der Waals surface area contributed by atoms with Gasteiger partial charge in [0.25, 0.3) is 0 Å². The summed E-state index contributed by atoms with van der Waals surface area (Å²) in [7, 11) is 0. The molecule has 1 aliphatic rings. The number of carboxylic acids is 1. The number of aromatic carboxylic acids is 1. The molecule has 0 aliphatic carbocycles. The minimum absolute atomic E-state index is 0.257. The standard InChI is InChI=1S/C16H13F3N2O5/c17-16(18,19)7-21-6-9(5-13(21)22)14(23)20-10-1-2-11-8(3-10)4-12(26-11)15(24)25/h1-4,9H,5-7H2,(H,20,23)(H,24,25). The molecular weight excluding hydrogens is 357 g/mol. The van der Waals surface area contributed by atoms with Gasteiger partial charge in [0.1, 0.15) is 12.1 Å². The monoisotopic (exact) mass is 370 g/mol. The van der Waals surface area contributed by atoms with E-state index in [4.69, 9.17) is 9.52 Å². The molecule has 1 saturated heterocycles. The van der Waals surface area contributed by atoms with Crippen LogP contribution in [-0.2, 0) is 9.59 Å². The molecule has 0 spiro atoms. The molecule has 1 fully saturated rings. The predicted molar refractivity (Wildman–Crippen MR) is 82.5 cm³/mol. The Balaban J connectivity index is 1.69. The Morgan fingerprint density at radius 1 is 1.31 bits per heavy atom. The molecule has 2 N–H and O–H groups in total. The van der Waals surface area contributed by atoms with E-state index >= 15 is 0 Å². The first kappa shape index (κ1) is 17.8. The van der Waals surface area contributed by atoms with Crippen LogP contribution in [0.4, 0.5) is 18.9 Å². The van der Waals surface area contributed by atoms with Gasteiger partial charge in [-0.15, -0.1) is 0 Å². The number of fused-ring (bicyclic) bond motifs is 1. The maximum atomic E-state index is 12.4. The van der Waals surface area contributed by atoms with Gasteiger partial charge in [0, 0.05) is 24.0 Å². The Kier molecular flexibility index (Phi) is 4.34. The third-order valence-corrected chi connectivity index (χ3v) is 3.95. The van der Waals surface area contributed by atoms with Crippen molar-refractivity contribution in [2.75, 3.05) is 18.4 Å². The molecule has 3 rings (SSSR count). The van der Waals surface area contributed by atoms with E-state index in [0.29, 0.717) is 21.6 Å². The zero-order valence-corrected chi connectivity index (χ0v) is 13.2. The summed E-state index contributed by atoms with van der Waals surface area (Å²) in [6, 6.07) is 5.71. The molecule has 1 aromatic carbocycles. The zero-order valence-electron chi connectivity index (χ0n) is 13.2. The van der Waals surface area contributed by atoms with Gasteiger partial charge in [-0.3, -0.25) is 9.59 Å². The number of rotatable bonds is 4. The molecule has 0 bridgehead atoms. The number of nitrogens with zero attached hydrogens (tertiary/aromatic N) is 1. The van der Waals surface area contributed by atoms with Gasteiger partial charge in [-0.25, -0.2) is 4.79 Å². The lowest BCUT2D eigenvalue weighted by atomic mass is 10.1. The SMILES string of the molecule is O=C(O)c1cc2cc(NC(=O)C3CC(=O)N(CC(F)(F)F)C3)ccc2o1. The van der Waals surface area contributed by atoms with Crippen molar-refractivity contribution in [2.24, 2.45) is 5.92 Å². The van der Waals surface area contributed by atoms with Gasteiger partial charge in [0.15, 0.2) is 0 Å². The van der Waals surface area contributed by atoms with Gasteiger partial charge >= 0.3 is 12.1 Å². The number of alkyl halides is 3. The smallest absolute Gasteiger partial charge is 0.406 e. The summed E-state index contributed by atoms with van der Waals surface area (Å²) >= 11 is 0. The van der Waals surface area contributed by atoms with Crippen LogP contribution in [0.3, 0.4) is 0 Å². The van der Waals surface area contributed by atoms with Crippen molar-refractivity contribution in [3.8, 4) is 0 Å². The second kappa shape index (κ2) is 6.36. The average molecular weight is 370 g/mol. The molecule has 1 aromatic heterocycles. The van der Waals surface area contributed by atoms with E-state index in [-0.39, 0.29) is 18.7 Å². The highest BCUT2D eigenvalue weighted by atomic mass is 19.4. The van der Waals surface area contributed by atoms with Gasteiger partial charge in [0.05, 0.1) is 5.92 Å². The maximum Gasteiger partial charge on any atom is 0.406 e. The Labute approximate surface area is 144 Å². The van der Waals surface area contributed by atoms with E-state index in [0.717, 1.165) is 0 Å². The highest BCUT2D eigenvalue weighted by molar-refractivity contribution is 5.99. The van der Waals surface area contributed by atoms with Crippen LogP contribution in [-0.4, -0.2) is 47.1 Å². The lowest BCUT2D eigenvalue weighted by molar-refractivity contribution is -0.157. The first-order chi connectivity index (χ1) is 12.1.